The molecule has 0 saturated heterocycles. The average molecular weight is 185 g/mol. The highest BCUT2D eigenvalue weighted by Crippen LogP contribution is 2.35. The Hall–Kier alpha value is -0.0400. The largest absolute Gasteiger partial charge is 0.330 e. The smallest absolute Gasteiger partial charge is 0.00461 e. The van der Waals surface area contributed by atoms with Crippen LogP contribution in [-0.2, 0) is 0 Å². The van der Waals surface area contributed by atoms with E-state index in [0.29, 0.717) is 0 Å². The lowest BCUT2D eigenvalue weighted by Gasteiger charge is -2.35. The van der Waals surface area contributed by atoms with Gasteiger partial charge >= 0.3 is 0 Å². The molecule has 1 aliphatic carbocycles. The van der Waals surface area contributed by atoms with E-state index in [0.717, 1.165) is 24.3 Å². The molecule has 1 saturated carbocycles. The van der Waals surface area contributed by atoms with Gasteiger partial charge in [0.25, 0.3) is 0 Å². The topological polar surface area (TPSA) is 26.0 Å². The molecular weight excluding hydrogens is 158 g/mol. The minimum atomic E-state index is 0.823. The summed E-state index contributed by atoms with van der Waals surface area (Å²) in [5, 5.41) is 0. The van der Waals surface area contributed by atoms with Gasteiger partial charge in [-0.1, -0.05) is 47.0 Å². The number of hydrogen-bond donors (Lipinski definition) is 1. The quantitative estimate of drug-likeness (QED) is 0.701. The maximum atomic E-state index is 5.73. The lowest BCUT2D eigenvalue weighted by Crippen LogP contribution is -2.31. The second kappa shape index (κ2) is 7.37. The normalized spacial score (nSPS) is 33.5. The Morgan fingerprint density at radius 3 is 2.23 bits per heavy atom. The van der Waals surface area contributed by atoms with E-state index in [-0.39, 0.29) is 0 Å². The summed E-state index contributed by atoms with van der Waals surface area (Å²) in [5.74, 6) is 2.65. The number of hydrogen-bond acceptors (Lipinski definition) is 1. The van der Waals surface area contributed by atoms with Crippen molar-refractivity contribution in [3.8, 4) is 0 Å². The van der Waals surface area contributed by atoms with Crippen molar-refractivity contribution in [3.63, 3.8) is 0 Å². The molecule has 2 N–H and O–H groups in total. The Kier molecular flexibility index (Phi) is 7.35. The summed E-state index contributed by atoms with van der Waals surface area (Å²) in [6, 6.07) is 0. The Balaban J connectivity index is 0.000000671. The van der Waals surface area contributed by atoms with Crippen molar-refractivity contribution in [1.29, 1.82) is 0 Å². The van der Waals surface area contributed by atoms with Crippen LogP contribution in [0.25, 0.3) is 0 Å². The molecular formula is C12H27N. The van der Waals surface area contributed by atoms with Crippen molar-refractivity contribution in [2.45, 2.75) is 53.4 Å². The molecule has 1 rings (SSSR count). The molecule has 0 bridgehead atoms. The van der Waals surface area contributed by atoms with Crippen LogP contribution in [0.15, 0.2) is 0 Å². The van der Waals surface area contributed by atoms with E-state index >= 15 is 0 Å². The van der Waals surface area contributed by atoms with Crippen LogP contribution in [0.3, 0.4) is 0 Å². The van der Waals surface area contributed by atoms with Crippen molar-refractivity contribution >= 4 is 0 Å². The second-order valence-corrected chi connectivity index (χ2v) is 3.98. The summed E-state index contributed by atoms with van der Waals surface area (Å²) in [5.41, 5.74) is 5.73. The Labute approximate surface area is 84.1 Å². The van der Waals surface area contributed by atoms with Gasteiger partial charge in [-0.15, -0.1) is 0 Å². The summed E-state index contributed by atoms with van der Waals surface area (Å²) in [6.45, 7) is 9.59. The van der Waals surface area contributed by atoms with Crippen LogP contribution in [0.2, 0.25) is 0 Å². The van der Waals surface area contributed by atoms with Crippen molar-refractivity contribution in [2.24, 2.45) is 23.5 Å². The van der Waals surface area contributed by atoms with Crippen LogP contribution >= 0.6 is 0 Å². The molecule has 3 atom stereocenters. The van der Waals surface area contributed by atoms with Crippen LogP contribution in [0.5, 0.6) is 0 Å². The zero-order valence-corrected chi connectivity index (χ0v) is 9.84. The zero-order valence-electron chi connectivity index (χ0n) is 9.84. The van der Waals surface area contributed by atoms with E-state index in [4.69, 9.17) is 5.73 Å². The minimum Gasteiger partial charge on any atom is -0.330 e. The van der Waals surface area contributed by atoms with E-state index in [2.05, 4.69) is 13.8 Å². The molecule has 0 aromatic carbocycles. The third kappa shape index (κ3) is 3.68. The highest BCUT2D eigenvalue weighted by atomic mass is 14.6. The fraction of sp³-hybridized carbons (Fsp3) is 1.00. The van der Waals surface area contributed by atoms with Gasteiger partial charge in [-0.25, -0.2) is 0 Å². The fourth-order valence-electron chi connectivity index (χ4n) is 2.62. The first-order chi connectivity index (χ1) is 6.29. The molecule has 0 spiro atoms. The Morgan fingerprint density at radius 2 is 1.85 bits per heavy atom. The van der Waals surface area contributed by atoms with Crippen LogP contribution in [0.4, 0.5) is 0 Å². The minimum absolute atomic E-state index is 0.823. The number of rotatable bonds is 2. The molecule has 1 heteroatoms. The molecule has 0 heterocycles. The van der Waals surface area contributed by atoms with Crippen LogP contribution < -0.4 is 5.73 Å². The fourth-order valence-corrected chi connectivity index (χ4v) is 2.62. The molecule has 0 aliphatic heterocycles. The molecule has 0 radical (unpaired) electrons. The van der Waals surface area contributed by atoms with E-state index in [1.165, 1.54) is 25.7 Å². The first-order valence-electron chi connectivity index (χ1n) is 5.99. The average Bonchev–Trinajstić information content (AvgIpc) is 2.20. The Bertz CT molecular complexity index is 112. The summed E-state index contributed by atoms with van der Waals surface area (Å²) in [6.07, 6.45) is 5.52. The maximum Gasteiger partial charge on any atom is -0.00461 e. The molecule has 0 amide bonds. The van der Waals surface area contributed by atoms with Crippen molar-refractivity contribution in [1.82, 2.24) is 0 Å². The monoisotopic (exact) mass is 185 g/mol. The summed E-state index contributed by atoms with van der Waals surface area (Å²) in [4.78, 5) is 0. The summed E-state index contributed by atoms with van der Waals surface area (Å²) >= 11 is 0. The molecule has 80 valence electrons. The van der Waals surface area contributed by atoms with Crippen molar-refractivity contribution in [3.05, 3.63) is 0 Å². The van der Waals surface area contributed by atoms with E-state index < -0.39 is 0 Å². The van der Waals surface area contributed by atoms with E-state index in [1.54, 1.807) is 0 Å². The first kappa shape index (κ1) is 13.0. The van der Waals surface area contributed by atoms with Gasteiger partial charge in [0, 0.05) is 0 Å². The van der Waals surface area contributed by atoms with Gasteiger partial charge in [0.15, 0.2) is 0 Å². The maximum absolute atomic E-state index is 5.73. The van der Waals surface area contributed by atoms with Gasteiger partial charge in [0.1, 0.15) is 0 Å². The molecule has 1 nitrogen and oxygen atoms in total. The second-order valence-electron chi connectivity index (χ2n) is 3.98. The van der Waals surface area contributed by atoms with Gasteiger partial charge in [0.2, 0.25) is 0 Å². The van der Waals surface area contributed by atoms with Crippen LogP contribution in [-0.4, -0.2) is 6.54 Å². The molecule has 1 aliphatic rings. The standard InChI is InChI=1S/C10H21N.C2H6/c1-3-10-8(2)5-4-6-9(10)7-11;1-2/h8-10H,3-7,11H2,1-2H3;1-2H3. The van der Waals surface area contributed by atoms with Crippen molar-refractivity contribution < 1.29 is 0 Å². The number of nitrogens with two attached hydrogens (primary N) is 1. The lowest BCUT2D eigenvalue weighted by molar-refractivity contribution is 0.165. The van der Waals surface area contributed by atoms with E-state index in [1.807, 2.05) is 13.8 Å². The van der Waals surface area contributed by atoms with Gasteiger partial charge in [-0.05, 0) is 30.7 Å². The van der Waals surface area contributed by atoms with Crippen LogP contribution in [0, 0.1) is 17.8 Å². The molecule has 3 unspecified atom stereocenters. The molecule has 1 fully saturated rings. The summed E-state index contributed by atoms with van der Waals surface area (Å²) in [7, 11) is 0. The van der Waals surface area contributed by atoms with Crippen molar-refractivity contribution in [2.75, 3.05) is 6.54 Å². The lowest BCUT2D eigenvalue weighted by atomic mass is 9.71. The van der Waals surface area contributed by atoms with Gasteiger partial charge in [-0.2, -0.15) is 0 Å². The highest BCUT2D eigenvalue weighted by Gasteiger charge is 2.27. The summed E-state index contributed by atoms with van der Waals surface area (Å²) < 4.78 is 0. The molecule has 0 aromatic rings. The third-order valence-electron chi connectivity index (χ3n) is 3.34. The predicted molar refractivity (Wildman–Crippen MR) is 60.7 cm³/mol. The molecule has 0 aromatic heterocycles. The van der Waals surface area contributed by atoms with Gasteiger partial charge < -0.3 is 5.73 Å². The third-order valence-corrected chi connectivity index (χ3v) is 3.34. The highest BCUT2D eigenvalue weighted by molar-refractivity contribution is 4.79. The predicted octanol–water partition coefficient (Wildman–Crippen LogP) is 3.43. The SMILES string of the molecule is CC.CCC1C(C)CCCC1CN. The van der Waals surface area contributed by atoms with E-state index in [9.17, 15) is 0 Å². The van der Waals surface area contributed by atoms with Gasteiger partial charge in [-0.3, -0.25) is 0 Å². The molecule has 13 heavy (non-hydrogen) atoms. The Morgan fingerprint density at radius 1 is 1.23 bits per heavy atom. The first-order valence-corrected chi connectivity index (χ1v) is 5.99. The van der Waals surface area contributed by atoms with Gasteiger partial charge in [0.05, 0.1) is 0 Å². The van der Waals surface area contributed by atoms with Crippen LogP contribution in [0.1, 0.15) is 53.4 Å². The zero-order chi connectivity index (χ0) is 10.3.